The highest BCUT2D eigenvalue weighted by atomic mass is 16.3. The van der Waals surface area contributed by atoms with Crippen LogP contribution in [0.2, 0.25) is 0 Å². The summed E-state index contributed by atoms with van der Waals surface area (Å²) < 4.78 is 6.72. The van der Waals surface area contributed by atoms with Gasteiger partial charge >= 0.3 is 0 Å². The Balaban J connectivity index is 1.12. The van der Waals surface area contributed by atoms with Gasteiger partial charge in [0, 0.05) is 38.6 Å². The summed E-state index contributed by atoms with van der Waals surface area (Å²) in [6, 6.07) is 65.4. The number of para-hydroxylation sites is 2. The van der Waals surface area contributed by atoms with Crippen molar-refractivity contribution in [1.29, 1.82) is 0 Å². The number of fused-ring (bicyclic) bond motifs is 8. The molecule has 3 aromatic heterocycles. The van der Waals surface area contributed by atoms with Crippen LogP contribution in [-0.2, 0) is 0 Å². The lowest BCUT2D eigenvalue weighted by Gasteiger charge is -2.14. The molecule has 0 saturated carbocycles. The predicted molar refractivity (Wildman–Crippen MR) is 227 cm³/mol. The molecule has 0 aliphatic heterocycles. The van der Waals surface area contributed by atoms with E-state index in [-0.39, 0.29) is 0 Å². The van der Waals surface area contributed by atoms with Gasteiger partial charge in [-0.15, -0.1) is 0 Å². The first-order valence-corrected chi connectivity index (χ1v) is 18.5. The molecule has 0 spiro atoms. The minimum atomic E-state index is 0.669. The standard InChI is InChI=1S/C51H31N3O/c1-3-14-32(15-4-1)44-31-45(33-16-5-2-6-17-33)53-51(52-44)35-28-26-34(27-29-35)48-47-41-22-11-12-25-46(41)55-50(47)42-24-13-23-40(49(42)54-48)43-30-36-18-7-8-19-37(36)38-20-9-10-21-39(38)43/h1-31H. The Morgan fingerprint density at radius 2 is 0.945 bits per heavy atom. The first-order valence-electron chi connectivity index (χ1n) is 18.5. The second-order valence-electron chi connectivity index (χ2n) is 13.9. The lowest BCUT2D eigenvalue weighted by atomic mass is 9.91. The molecule has 0 aliphatic rings. The number of aromatic nitrogens is 3. The van der Waals surface area contributed by atoms with Crippen LogP contribution in [0, 0.1) is 0 Å². The topological polar surface area (TPSA) is 51.8 Å². The highest BCUT2D eigenvalue weighted by Crippen LogP contribution is 2.44. The molecule has 11 aromatic rings. The van der Waals surface area contributed by atoms with E-state index in [1.54, 1.807) is 0 Å². The van der Waals surface area contributed by atoms with Gasteiger partial charge < -0.3 is 4.42 Å². The maximum Gasteiger partial charge on any atom is 0.160 e. The fraction of sp³-hybridized carbons (Fsp3) is 0. The molecule has 8 aromatic carbocycles. The van der Waals surface area contributed by atoms with Crippen LogP contribution < -0.4 is 0 Å². The molecule has 11 rings (SSSR count). The summed E-state index contributed by atoms with van der Waals surface area (Å²) in [5, 5.41) is 7.89. The van der Waals surface area contributed by atoms with Crippen LogP contribution in [0.5, 0.6) is 0 Å². The van der Waals surface area contributed by atoms with E-state index in [1.165, 1.54) is 21.5 Å². The van der Waals surface area contributed by atoms with E-state index in [2.05, 4.69) is 140 Å². The summed E-state index contributed by atoms with van der Waals surface area (Å²) in [7, 11) is 0. The quantitative estimate of drug-likeness (QED) is 0.168. The van der Waals surface area contributed by atoms with Crippen molar-refractivity contribution in [3.8, 4) is 56.3 Å². The first-order chi connectivity index (χ1) is 27.3. The van der Waals surface area contributed by atoms with Crippen molar-refractivity contribution in [3.05, 3.63) is 188 Å². The second kappa shape index (κ2) is 12.6. The third-order valence-corrected chi connectivity index (χ3v) is 10.7. The fourth-order valence-corrected chi connectivity index (χ4v) is 8.06. The largest absolute Gasteiger partial charge is 0.455 e. The highest BCUT2D eigenvalue weighted by Gasteiger charge is 2.21. The van der Waals surface area contributed by atoms with E-state index >= 15 is 0 Å². The van der Waals surface area contributed by atoms with E-state index in [0.29, 0.717) is 5.82 Å². The predicted octanol–water partition coefficient (Wildman–Crippen LogP) is 13.6. The van der Waals surface area contributed by atoms with Gasteiger partial charge in [0.05, 0.1) is 28.0 Å². The van der Waals surface area contributed by atoms with Gasteiger partial charge in [0.1, 0.15) is 11.2 Å². The Bertz CT molecular complexity index is 3180. The molecule has 0 bridgehead atoms. The zero-order valence-corrected chi connectivity index (χ0v) is 29.6. The Kier molecular flexibility index (Phi) is 7.14. The van der Waals surface area contributed by atoms with Gasteiger partial charge in [0.25, 0.3) is 0 Å². The Morgan fingerprint density at radius 1 is 0.364 bits per heavy atom. The molecule has 3 heterocycles. The molecule has 0 N–H and O–H groups in total. The van der Waals surface area contributed by atoms with Crippen molar-refractivity contribution in [2.75, 3.05) is 0 Å². The van der Waals surface area contributed by atoms with Gasteiger partial charge in [-0.1, -0.05) is 164 Å². The van der Waals surface area contributed by atoms with E-state index in [9.17, 15) is 0 Å². The first kappa shape index (κ1) is 31.1. The molecule has 0 unspecified atom stereocenters. The minimum Gasteiger partial charge on any atom is -0.455 e. The van der Waals surface area contributed by atoms with E-state index in [1.807, 2.05) is 48.5 Å². The monoisotopic (exact) mass is 701 g/mol. The normalized spacial score (nSPS) is 11.6. The molecule has 4 heteroatoms. The van der Waals surface area contributed by atoms with Crippen LogP contribution >= 0.6 is 0 Å². The Morgan fingerprint density at radius 3 is 1.67 bits per heavy atom. The zero-order valence-electron chi connectivity index (χ0n) is 29.6. The molecule has 0 aliphatic carbocycles. The van der Waals surface area contributed by atoms with Gasteiger partial charge in [-0.05, 0) is 51.4 Å². The molecular weight excluding hydrogens is 671 g/mol. The van der Waals surface area contributed by atoms with Crippen LogP contribution in [0.1, 0.15) is 0 Å². The summed E-state index contributed by atoms with van der Waals surface area (Å²) in [6.45, 7) is 0. The van der Waals surface area contributed by atoms with Crippen molar-refractivity contribution in [3.63, 3.8) is 0 Å². The molecule has 4 nitrogen and oxygen atoms in total. The number of hydrogen-bond donors (Lipinski definition) is 0. The number of nitrogens with zero attached hydrogens (tertiary/aromatic N) is 3. The molecule has 0 saturated heterocycles. The van der Waals surface area contributed by atoms with Gasteiger partial charge in [-0.2, -0.15) is 0 Å². The third kappa shape index (κ3) is 5.19. The number of pyridine rings is 1. The van der Waals surface area contributed by atoms with Crippen molar-refractivity contribution in [1.82, 2.24) is 15.0 Å². The van der Waals surface area contributed by atoms with E-state index in [0.717, 1.165) is 83.3 Å². The lowest BCUT2D eigenvalue weighted by molar-refractivity contribution is 0.672. The number of furan rings is 1. The summed E-state index contributed by atoms with van der Waals surface area (Å²) >= 11 is 0. The summed E-state index contributed by atoms with van der Waals surface area (Å²) in [6.07, 6.45) is 0. The molecule has 0 fully saturated rings. The summed E-state index contributed by atoms with van der Waals surface area (Å²) in [4.78, 5) is 15.7. The average molecular weight is 702 g/mol. The van der Waals surface area contributed by atoms with Crippen molar-refractivity contribution in [2.24, 2.45) is 0 Å². The number of rotatable bonds is 5. The maximum atomic E-state index is 6.72. The highest BCUT2D eigenvalue weighted by molar-refractivity contribution is 6.22. The average Bonchev–Trinajstić information content (AvgIpc) is 3.66. The van der Waals surface area contributed by atoms with Crippen molar-refractivity contribution < 1.29 is 4.42 Å². The zero-order chi connectivity index (χ0) is 36.3. The van der Waals surface area contributed by atoms with E-state index < -0.39 is 0 Å². The van der Waals surface area contributed by atoms with Gasteiger partial charge in [-0.3, -0.25) is 0 Å². The van der Waals surface area contributed by atoms with E-state index in [4.69, 9.17) is 19.4 Å². The second-order valence-corrected chi connectivity index (χ2v) is 13.9. The summed E-state index contributed by atoms with van der Waals surface area (Å²) in [5.74, 6) is 0.669. The lowest BCUT2D eigenvalue weighted by Crippen LogP contribution is -1.96. The number of hydrogen-bond acceptors (Lipinski definition) is 4. The Hall–Kier alpha value is -7.43. The summed E-state index contributed by atoms with van der Waals surface area (Å²) in [5.41, 5.74) is 11.4. The molecule has 0 radical (unpaired) electrons. The van der Waals surface area contributed by atoms with Gasteiger partial charge in [0.15, 0.2) is 5.82 Å². The fourth-order valence-electron chi connectivity index (χ4n) is 8.06. The van der Waals surface area contributed by atoms with Gasteiger partial charge in [0.2, 0.25) is 0 Å². The smallest absolute Gasteiger partial charge is 0.160 e. The molecular formula is C51H31N3O. The van der Waals surface area contributed by atoms with Gasteiger partial charge in [-0.25, -0.2) is 15.0 Å². The SMILES string of the molecule is c1ccc(-c2cc(-c3ccccc3)nc(-c3ccc(-c4nc5c(-c6cc7ccccc7c7ccccc67)cccc5c5oc6ccccc6c45)cc3)n2)cc1. The van der Waals surface area contributed by atoms with Crippen molar-refractivity contribution in [2.45, 2.75) is 0 Å². The molecule has 0 amide bonds. The number of benzene rings is 8. The molecule has 55 heavy (non-hydrogen) atoms. The van der Waals surface area contributed by atoms with Crippen LogP contribution in [0.4, 0.5) is 0 Å². The maximum absolute atomic E-state index is 6.72. The van der Waals surface area contributed by atoms with Crippen LogP contribution in [0.25, 0.3) is 111 Å². The molecule has 0 atom stereocenters. The third-order valence-electron chi connectivity index (χ3n) is 10.7. The molecule has 256 valence electrons. The van der Waals surface area contributed by atoms with Crippen LogP contribution in [0.15, 0.2) is 192 Å². The Labute approximate surface area is 317 Å². The van der Waals surface area contributed by atoms with Crippen molar-refractivity contribution >= 4 is 54.4 Å². The van der Waals surface area contributed by atoms with Crippen LogP contribution in [0.3, 0.4) is 0 Å². The minimum absolute atomic E-state index is 0.669. The van der Waals surface area contributed by atoms with Crippen LogP contribution in [-0.4, -0.2) is 15.0 Å².